The summed E-state index contributed by atoms with van der Waals surface area (Å²) in [7, 11) is 0. The van der Waals surface area contributed by atoms with Crippen LogP contribution < -0.4 is 5.32 Å². The van der Waals surface area contributed by atoms with Crippen LogP contribution in [-0.2, 0) is 5.60 Å². The van der Waals surface area contributed by atoms with Gasteiger partial charge in [-0.15, -0.1) is 0 Å². The Morgan fingerprint density at radius 2 is 1.95 bits per heavy atom. The molecule has 4 nitrogen and oxygen atoms in total. The second kappa shape index (κ2) is 6.41. The highest BCUT2D eigenvalue weighted by atomic mass is 16.3. The Kier molecular flexibility index (Phi) is 4.80. The van der Waals surface area contributed by atoms with Gasteiger partial charge in [-0.3, -0.25) is 4.68 Å². The van der Waals surface area contributed by atoms with Gasteiger partial charge in [0.25, 0.3) is 0 Å². The van der Waals surface area contributed by atoms with Crippen molar-refractivity contribution in [2.45, 2.75) is 45.4 Å². The van der Waals surface area contributed by atoms with Crippen LogP contribution in [0.1, 0.15) is 37.9 Å². The van der Waals surface area contributed by atoms with Gasteiger partial charge in [0.15, 0.2) is 0 Å². The monoisotopic (exact) mass is 287 g/mol. The highest BCUT2D eigenvalue weighted by Crippen LogP contribution is 2.20. The van der Waals surface area contributed by atoms with Crippen LogP contribution in [0.15, 0.2) is 42.7 Å². The fourth-order valence-electron chi connectivity index (χ4n) is 2.31. The number of aromatic nitrogens is 2. The Morgan fingerprint density at radius 1 is 1.29 bits per heavy atom. The smallest absolute Gasteiger partial charge is 0.0992 e. The third-order valence-electron chi connectivity index (χ3n) is 4.04. The molecular formula is C17H25N3O. The Hall–Kier alpha value is -1.65. The van der Waals surface area contributed by atoms with E-state index in [2.05, 4.69) is 24.3 Å². The molecule has 0 aliphatic rings. The van der Waals surface area contributed by atoms with Gasteiger partial charge in [-0.25, -0.2) is 0 Å². The molecule has 21 heavy (non-hydrogen) atoms. The second-order valence-corrected chi connectivity index (χ2v) is 6.05. The topological polar surface area (TPSA) is 50.1 Å². The Morgan fingerprint density at radius 3 is 2.52 bits per heavy atom. The molecule has 114 valence electrons. The minimum absolute atomic E-state index is 0.208. The molecule has 0 unspecified atom stereocenters. The Bertz CT molecular complexity index is 562. The predicted octanol–water partition coefficient (Wildman–Crippen LogP) is 2.64. The average Bonchev–Trinajstić information content (AvgIpc) is 2.91. The molecule has 1 heterocycles. The van der Waals surface area contributed by atoms with E-state index in [4.69, 9.17) is 0 Å². The molecule has 0 spiro atoms. The molecule has 1 aromatic heterocycles. The maximum atomic E-state index is 10.6. The van der Waals surface area contributed by atoms with Gasteiger partial charge in [0.1, 0.15) is 0 Å². The molecule has 2 rings (SSSR count). The molecule has 2 N–H and O–H groups in total. The SMILES string of the molecule is Cc1cnn([C@H](C)[C@H](C)NC[C@](C)(O)c2ccccc2)c1. The third kappa shape index (κ3) is 3.93. The molecule has 0 aliphatic carbocycles. The maximum absolute atomic E-state index is 10.6. The molecule has 4 heteroatoms. The molecule has 0 fully saturated rings. The lowest BCUT2D eigenvalue weighted by Gasteiger charge is -2.29. The highest BCUT2D eigenvalue weighted by molar-refractivity contribution is 5.21. The van der Waals surface area contributed by atoms with Crippen molar-refractivity contribution in [3.8, 4) is 0 Å². The standard InChI is InChI=1S/C17H25N3O/c1-13-10-19-20(11-13)15(3)14(2)18-12-17(4,21)16-8-6-5-7-9-16/h5-11,14-15,18,21H,12H2,1-4H3/t14-,15+,17-/m0/s1. The molecule has 0 bridgehead atoms. The van der Waals surface area contributed by atoms with E-state index in [1.54, 1.807) is 0 Å². The summed E-state index contributed by atoms with van der Waals surface area (Å²) in [5.74, 6) is 0. The molecule has 0 saturated carbocycles. The zero-order valence-electron chi connectivity index (χ0n) is 13.2. The lowest BCUT2D eigenvalue weighted by molar-refractivity contribution is 0.0524. The van der Waals surface area contributed by atoms with Crippen LogP contribution in [0, 0.1) is 6.92 Å². The van der Waals surface area contributed by atoms with Crippen LogP contribution in [0.5, 0.6) is 0 Å². The lowest BCUT2D eigenvalue weighted by atomic mass is 9.95. The molecule has 0 radical (unpaired) electrons. The van der Waals surface area contributed by atoms with Gasteiger partial charge in [-0.1, -0.05) is 30.3 Å². The van der Waals surface area contributed by atoms with Crippen LogP contribution in [0.3, 0.4) is 0 Å². The molecular weight excluding hydrogens is 262 g/mol. The van der Waals surface area contributed by atoms with Crippen LogP contribution >= 0.6 is 0 Å². The summed E-state index contributed by atoms with van der Waals surface area (Å²) in [5, 5.41) is 18.4. The summed E-state index contributed by atoms with van der Waals surface area (Å²) in [4.78, 5) is 0. The van der Waals surface area contributed by atoms with Crippen molar-refractivity contribution in [1.29, 1.82) is 0 Å². The predicted molar refractivity (Wildman–Crippen MR) is 85.2 cm³/mol. The molecule has 0 saturated heterocycles. The Balaban J connectivity index is 1.96. The number of nitrogens with zero attached hydrogens (tertiary/aromatic N) is 2. The number of nitrogens with one attached hydrogen (secondary N) is 1. The van der Waals surface area contributed by atoms with Crippen LogP contribution in [0.25, 0.3) is 0 Å². The van der Waals surface area contributed by atoms with E-state index in [1.807, 2.05) is 61.3 Å². The molecule has 0 amide bonds. The van der Waals surface area contributed by atoms with Crippen molar-refractivity contribution in [2.75, 3.05) is 6.54 Å². The van der Waals surface area contributed by atoms with Crippen LogP contribution in [0.2, 0.25) is 0 Å². The third-order valence-corrected chi connectivity index (χ3v) is 4.04. The summed E-state index contributed by atoms with van der Waals surface area (Å²) in [6.07, 6.45) is 3.90. The number of aliphatic hydroxyl groups is 1. The second-order valence-electron chi connectivity index (χ2n) is 6.05. The normalized spacial score (nSPS) is 17.2. The summed E-state index contributed by atoms with van der Waals surface area (Å²) in [5.41, 5.74) is 1.20. The van der Waals surface area contributed by atoms with E-state index in [1.165, 1.54) is 0 Å². The Labute approximate surface area is 126 Å². The van der Waals surface area contributed by atoms with Gasteiger partial charge in [0.2, 0.25) is 0 Å². The minimum Gasteiger partial charge on any atom is -0.384 e. The van der Waals surface area contributed by atoms with Gasteiger partial charge in [-0.05, 0) is 38.8 Å². The van der Waals surface area contributed by atoms with E-state index in [-0.39, 0.29) is 12.1 Å². The first kappa shape index (κ1) is 15.7. The van der Waals surface area contributed by atoms with Crippen molar-refractivity contribution < 1.29 is 5.11 Å². The first-order chi connectivity index (χ1) is 9.90. The van der Waals surface area contributed by atoms with Crippen molar-refractivity contribution in [2.24, 2.45) is 0 Å². The molecule has 3 atom stereocenters. The van der Waals surface area contributed by atoms with Gasteiger partial charge in [-0.2, -0.15) is 5.10 Å². The van der Waals surface area contributed by atoms with Gasteiger partial charge in [0, 0.05) is 18.8 Å². The quantitative estimate of drug-likeness (QED) is 0.858. The summed E-state index contributed by atoms with van der Waals surface area (Å²) in [6, 6.07) is 10.2. The number of rotatable bonds is 6. The fourth-order valence-corrected chi connectivity index (χ4v) is 2.31. The van der Waals surface area contributed by atoms with Crippen LogP contribution in [-0.4, -0.2) is 27.5 Å². The molecule has 1 aromatic carbocycles. The zero-order valence-corrected chi connectivity index (χ0v) is 13.2. The van der Waals surface area contributed by atoms with E-state index in [9.17, 15) is 5.11 Å². The first-order valence-electron chi connectivity index (χ1n) is 7.42. The van der Waals surface area contributed by atoms with E-state index in [0.717, 1.165) is 11.1 Å². The fraction of sp³-hybridized carbons (Fsp3) is 0.471. The molecule has 0 aliphatic heterocycles. The average molecular weight is 287 g/mol. The first-order valence-corrected chi connectivity index (χ1v) is 7.42. The largest absolute Gasteiger partial charge is 0.384 e. The van der Waals surface area contributed by atoms with Crippen molar-refractivity contribution in [3.05, 3.63) is 53.9 Å². The minimum atomic E-state index is -0.880. The highest BCUT2D eigenvalue weighted by Gasteiger charge is 2.24. The van der Waals surface area contributed by atoms with E-state index < -0.39 is 5.60 Å². The summed E-state index contributed by atoms with van der Waals surface area (Å²) in [6.45, 7) is 8.62. The number of hydrogen-bond donors (Lipinski definition) is 2. The zero-order chi connectivity index (χ0) is 15.5. The molecule has 2 aromatic rings. The summed E-state index contributed by atoms with van der Waals surface area (Å²) >= 11 is 0. The van der Waals surface area contributed by atoms with Crippen LogP contribution in [0.4, 0.5) is 0 Å². The van der Waals surface area contributed by atoms with Gasteiger partial charge in [0.05, 0.1) is 17.8 Å². The summed E-state index contributed by atoms with van der Waals surface area (Å²) < 4.78 is 1.96. The van der Waals surface area contributed by atoms with E-state index >= 15 is 0 Å². The lowest BCUT2D eigenvalue weighted by Crippen LogP contribution is -2.42. The van der Waals surface area contributed by atoms with Gasteiger partial charge < -0.3 is 10.4 Å². The number of aryl methyl sites for hydroxylation is 1. The van der Waals surface area contributed by atoms with Crippen molar-refractivity contribution in [3.63, 3.8) is 0 Å². The van der Waals surface area contributed by atoms with Gasteiger partial charge >= 0.3 is 0 Å². The van der Waals surface area contributed by atoms with Crippen molar-refractivity contribution in [1.82, 2.24) is 15.1 Å². The maximum Gasteiger partial charge on any atom is 0.0992 e. The van der Waals surface area contributed by atoms with E-state index in [0.29, 0.717) is 6.54 Å². The number of hydrogen-bond acceptors (Lipinski definition) is 3. The number of benzene rings is 1. The van der Waals surface area contributed by atoms with Crippen molar-refractivity contribution >= 4 is 0 Å².